The number of aromatic nitrogens is 2. The molecule has 2 aromatic carbocycles. The Morgan fingerprint density at radius 1 is 1.10 bits per heavy atom. The van der Waals surface area contributed by atoms with E-state index in [4.69, 9.17) is 5.73 Å². The van der Waals surface area contributed by atoms with Gasteiger partial charge in [-0.1, -0.05) is 24.3 Å². The minimum Gasteiger partial charge on any atom is -0.322 e. The summed E-state index contributed by atoms with van der Waals surface area (Å²) in [5.41, 5.74) is 7.55. The van der Waals surface area contributed by atoms with Crippen molar-refractivity contribution >= 4 is 10.9 Å². The predicted octanol–water partition coefficient (Wildman–Crippen LogP) is 3.01. The van der Waals surface area contributed by atoms with Crippen molar-refractivity contribution in [3.05, 3.63) is 65.9 Å². The second-order valence-corrected chi connectivity index (χ2v) is 4.67. The SMILES string of the molecule is NC(Cn1ncc2ccccc21)c1ccc(F)c(F)c1. The number of hydrogen-bond donors (Lipinski definition) is 1. The summed E-state index contributed by atoms with van der Waals surface area (Å²) in [7, 11) is 0. The molecule has 0 saturated heterocycles. The fourth-order valence-electron chi connectivity index (χ4n) is 2.21. The number of benzene rings is 2. The molecule has 1 aromatic heterocycles. The van der Waals surface area contributed by atoms with Crippen LogP contribution in [-0.4, -0.2) is 9.78 Å². The molecule has 1 unspecified atom stereocenters. The summed E-state index contributed by atoms with van der Waals surface area (Å²) in [6, 6.07) is 11.0. The number of nitrogens with two attached hydrogens (primary N) is 1. The summed E-state index contributed by atoms with van der Waals surface area (Å²) in [6.45, 7) is 0.401. The third-order valence-electron chi connectivity index (χ3n) is 3.29. The summed E-state index contributed by atoms with van der Waals surface area (Å²) in [6.07, 6.45) is 1.76. The zero-order valence-electron chi connectivity index (χ0n) is 10.6. The highest BCUT2D eigenvalue weighted by atomic mass is 19.2. The predicted molar refractivity (Wildman–Crippen MR) is 73.0 cm³/mol. The maximum atomic E-state index is 13.2. The highest BCUT2D eigenvalue weighted by Gasteiger charge is 2.12. The Balaban J connectivity index is 1.88. The first-order valence-corrected chi connectivity index (χ1v) is 6.26. The fraction of sp³-hybridized carbons (Fsp3) is 0.133. The van der Waals surface area contributed by atoms with Gasteiger partial charge in [-0.05, 0) is 23.8 Å². The average molecular weight is 273 g/mol. The summed E-state index contributed by atoms with van der Waals surface area (Å²) in [5, 5.41) is 5.29. The van der Waals surface area contributed by atoms with Crippen LogP contribution in [0.5, 0.6) is 0 Å². The molecule has 0 saturated carbocycles. The minimum atomic E-state index is -0.886. The molecule has 0 aliphatic rings. The third kappa shape index (κ3) is 2.28. The van der Waals surface area contributed by atoms with Gasteiger partial charge in [0.15, 0.2) is 11.6 Å². The Labute approximate surface area is 114 Å². The molecule has 0 bridgehead atoms. The van der Waals surface area contributed by atoms with Crippen LogP contribution < -0.4 is 5.73 Å². The van der Waals surface area contributed by atoms with Gasteiger partial charge in [0.1, 0.15) is 0 Å². The van der Waals surface area contributed by atoms with Crippen molar-refractivity contribution in [2.24, 2.45) is 5.73 Å². The van der Waals surface area contributed by atoms with Crippen molar-refractivity contribution in [3.63, 3.8) is 0 Å². The molecule has 102 valence electrons. The first-order chi connectivity index (χ1) is 9.65. The van der Waals surface area contributed by atoms with E-state index < -0.39 is 17.7 Å². The smallest absolute Gasteiger partial charge is 0.159 e. The molecular formula is C15H13F2N3. The van der Waals surface area contributed by atoms with Crippen LogP contribution in [0.1, 0.15) is 11.6 Å². The number of fused-ring (bicyclic) bond motifs is 1. The van der Waals surface area contributed by atoms with Gasteiger partial charge in [-0.2, -0.15) is 5.10 Å². The van der Waals surface area contributed by atoms with Crippen molar-refractivity contribution in [1.82, 2.24) is 9.78 Å². The van der Waals surface area contributed by atoms with Crippen LogP contribution in [-0.2, 0) is 6.54 Å². The molecule has 2 N–H and O–H groups in total. The molecule has 0 aliphatic heterocycles. The van der Waals surface area contributed by atoms with Gasteiger partial charge in [-0.15, -0.1) is 0 Å². The highest BCUT2D eigenvalue weighted by Crippen LogP contribution is 2.19. The summed E-state index contributed by atoms with van der Waals surface area (Å²) in [5.74, 6) is -1.76. The standard InChI is InChI=1S/C15H13F2N3/c16-12-6-5-10(7-13(12)17)14(18)9-20-15-4-2-1-3-11(15)8-19-20/h1-8,14H,9,18H2. The minimum absolute atomic E-state index is 0.401. The summed E-state index contributed by atoms with van der Waals surface area (Å²) < 4.78 is 27.9. The van der Waals surface area contributed by atoms with Crippen LogP contribution in [0.15, 0.2) is 48.7 Å². The van der Waals surface area contributed by atoms with Crippen molar-refractivity contribution in [3.8, 4) is 0 Å². The molecule has 0 spiro atoms. The Morgan fingerprint density at radius 2 is 1.90 bits per heavy atom. The van der Waals surface area contributed by atoms with E-state index in [1.807, 2.05) is 24.3 Å². The van der Waals surface area contributed by atoms with E-state index in [0.717, 1.165) is 23.0 Å². The molecule has 3 nitrogen and oxygen atoms in total. The molecule has 1 atom stereocenters. The zero-order chi connectivity index (χ0) is 14.1. The summed E-state index contributed by atoms with van der Waals surface area (Å²) >= 11 is 0. The van der Waals surface area contributed by atoms with Crippen LogP contribution in [0.3, 0.4) is 0 Å². The second kappa shape index (κ2) is 5.02. The van der Waals surface area contributed by atoms with Crippen molar-refractivity contribution < 1.29 is 8.78 Å². The van der Waals surface area contributed by atoms with Crippen LogP contribution in [0, 0.1) is 11.6 Å². The summed E-state index contributed by atoms with van der Waals surface area (Å²) in [4.78, 5) is 0. The maximum Gasteiger partial charge on any atom is 0.159 e. The van der Waals surface area contributed by atoms with E-state index in [-0.39, 0.29) is 0 Å². The number of para-hydroxylation sites is 1. The van der Waals surface area contributed by atoms with Gasteiger partial charge in [0.05, 0.1) is 18.3 Å². The molecule has 0 fully saturated rings. The van der Waals surface area contributed by atoms with Crippen LogP contribution in [0.2, 0.25) is 0 Å². The van der Waals surface area contributed by atoms with Gasteiger partial charge in [0.2, 0.25) is 0 Å². The second-order valence-electron chi connectivity index (χ2n) is 4.67. The first-order valence-electron chi connectivity index (χ1n) is 6.26. The van der Waals surface area contributed by atoms with Crippen molar-refractivity contribution in [2.45, 2.75) is 12.6 Å². The molecule has 5 heteroatoms. The normalized spacial score (nSPS) is 12.8. The number of halogens is 2. The van der Waals surface area contributed by atoms with Crippen molar-refractivity contribution in [2.75, 3.05) is 0 Å². The topological polar surface area (TPSA) is 43.8 Å². The third-order valence-corrected chi connectivity index (χ3v) is 3.29. The molecule has 0 amide bonds. The Bertz CT molecular complexity index is 752. The van der Waals surface area contributed by atoms with E-state index in [2.05, 4.69) is 5.10 Å². The monoisotopic (exact) mass is 273 g/mol. The van der Waals surface area contributed by atoms with Gasteiger partial charge in [0.25, 0.3) is 0 Å². The van der Waals surface area contributed by atoms with Gasteiger partial charge < -0.3 is 5.73 Å². The van der Waals surface area contributed by atoms with E-state index in [1.165, 1.54) is 6.07 Å². The van der Waals surface area contributed by atoms with Crippen LogP contribution >= 0.6 is 0 Å². The molecule has 0 radical (unpaired) electrons. The van der Waals surface area contributed by atoms with Crippen molar-refractivity contribution in [1.29, 1.82) is 0 Å². The molecule has 0 aliphatic carbocycles. The molecule has 3 rings (SSSR count). The van der Waals surface area contributed by atoms with Crippen LogP contribution in [0.4, 0.5) is 8.78 Å². The average Bonchev–Trinajstić information content (AvgIpc) is 2.85. The number of rotatable bonds is 3. The number of hydrogen-bond acceptors (Lipinski definition) is 2. The van der Waals surface area contributed by atoms with E-state index in [1.54, 1.807) is 10.9 Å². The van der Waals surface area contributed by atoms with Gasteiger partial charge in [0, 0.05) is 11.4 Å². The molecule has 1 heterocycles. The Hall–Kier alpha value is -2.27. The van der Waals surface area contributed by atoms with Gasteiger partial charge in [-0.3, -0.25) is 4.68 Å². The lowest BCUT2D eigenvalue weighted by molar-refractivity contribution is 0.498. The van der Waals surface area contributed by atoms with E-state index in [9.17, 15) is 8.78 Å². The molecule has 20 heavy (non-hydrogen) atoms. The largest absolute Gasteiger partial charge is 0.322 e. The first kappa shape index (κ1) is 12.7. The fourth-order valence-corrected chi connectivity index (χ4v) is 2.21. The lowest BCUT2D eigenvalue weighted by Gasteiger charge is -2.13. The highest BCUT2D eigenvalue weighted by molar-refractivity contribution is 5.78. The molecular weight excluding hydrogens is 260 g/mol. The number of nitrogens with zero attached hydrogens (tertiary/aromatic N) is 2. The Morgan fingerprint density at radius 3 is 2.70 bits per heavy atom. The lowest BCUT2D eigenvalue weighted by Crippen LogP contribution is -2.18. The van der Waals surface area contributed by atoms with E-state index >= 15 is 0 Å². The van der Waals surface area contributed by atoms with E-state index in [0.29, 0.717) is 12.1 Å². The lowest BCUT2D eigenvalue weighted by atomic mass is 10.1. The Kier molecular flexibility index (Phi) is 3.20. The van der Waals surface area contributed by atoms with Gasteiger partial charge in [-0.25, -0.2) is 8.78 Å². The van der Waals surface area contributed by atoms with Crippen LogP contribution in [0.25, 0.3) is 10.9 Å². The molecule has 3 aromatic rings. The van der Waals surface area contributed by atoms with Gasteiger partial charge >= 0.3 is 0 Å². The quantitative estimate of drug-likeness (QED) is 0.797. The zero-order valence-corrected chi connectivity index (χ0v) is 10.6. The maximum absolute atomic E-state index is 13.2.